The van der Waals surface area contributed by atoms with E-state index in [1.54, 1.807) is 6.07 Å². The number of esters is 1. The second kappa shape index (κ2) is 13.2. The van der Waals surface area contributed by atoms with Crippen molar-refractivity contribution in [2.45, 2.75) is 69.2 Å². The number of nitrogens with zero attached hydrogens (tertiary/aromatic N) is 1. The van der Waals surface area contributed by atoms with Crippen molar-refractivity contribution in [3.05, 3.63) is 47.7 Å². The van der Waals surface area contributed by atoms with Crippen LogP contribution >= 0.6 is 11.3 Å². The molecule has 1 heterocycles. The number of carbonyl (C=O) groups excluding carboxylic acids is 1. The summed E-state index contributed by atoms with van der Waals surface area (Å²) in [6.07, 6.45) is 1.75. The molecule has 0 radical (unpaired) electrons. The molecular weight excluding hydrogens is 595 g/mol. The number of rotatable bonds is 10. The second-order valence-electron chi connectivity index (χ2n) is 9.83. The summed E-state index contributed by atoms with van der Waals surface area (Å²) in [7, 11) is -1.68. The molecule has 1 fully saturated rings. The van der Waals surface area contributed by atoms with Gasteiger partial charge in [-0.25, -0.2) is 18.2 Å². The molecule has 0 spiro atoms. The third-order valence-electron chi connectivity index (χ3n) is 6.84. The number of halogens is 3. The molecular formula is C28H32F3N3O6S2. The van der Waals surface area contributed by atoms with E-state index in [0.717, 1.165) is 28.5 Å². The third-order valence-corrected chi connectivity index (χ3v) is 9.37. The molecule has 228 valence electrons. The highest BCUT2D eigenvalue weighted by Crippen LogP contribution is 2.38. The summed E-state index contributed by atoms with van der Waals surface area (Å²) in [6, 6.07) is 9.08. The molecule has 0 aliphatic heterocycles. The van der Waals surface area contributed by atoms with Crippen molar-refractivity contribution in [1.82, 2.24) is 4.98 Å². The van der Waals surface area contributed by atoms with E-state index < -0.39 is 28.8 Å². The molecule has 0 bridgehead atoms. The van der Waals surface area contributed by atoms with Gasteiger partial charge in [-0.3, -0.25) is 4.72 Å². The quantitative estimate of drug-likeness (QED) is 0.189. The fourth-order valence-electron chi connectivity index (χ4n) is 4.69. The average Bonchev–Trinajstić information content (AvgIpc) is 3.13. The number of benzene rings is 2. The number of methoxy groups -OCH3 is 2. The van der Waals surface area contributed by atoms with Crippen molar-refractivity contribution < 1.29 is 40.6 Å². The van der Waals surface area contributed by atoms with Gasteiger partial charge < -0.3 is 19.5 Å². The van der Waals surface area contributed by atoms with Crippen molar-refractivity contribution in [3.63, 3.8) is 0 Å². The first-order valence-electron chi connectivity index (χ1n) is 13.3. The van der Waals surface area contributed by atoms with Crippen LogP contribution in [0.4, 0.5) is 24.0 Å². The first kappa shape index (κ1) is 31.4. The van der Waals surface area contributed by atoms with E-state index in [4.69, 9.17) is 9.47 Å². The zero-order valence-corrected chi connectivity index (χ0v) is 25.0. The second-order valence-corrected chi connectivity index (χ2v) is 12.5. The Labute approximate surface area is 246 Å². The van der Waals surface area contributed by atoms with Crippen molar-refractivity contribution in [1.29, 1.82) is 0 Å². The minimum atomic E-state index is -5.20. The van der Waals surface area contributed by atoms with Crippen LogP contribution in [-0.4, -0.2) is 45.8 Å². The maximum atomic E-state index is 13.6. The van der Waals surface area contributed by atoms with E-state index in [9.17, 15) is 26.4 Å². The van der Waals surface area contributed by atoms with Crippen LogP contribution in [0.5, 0.6) is 11.5 Å². The van der Waals surface area contributed by atoms with Gasteiger partial charge in [0, 0.05) is 11.6 Å². The number of thiazole rings is 1. The zero-order valence-electron chi connectivity index (χ0n) is 23.3. The van der Waals surface area contributed by atoms with Crippen molar-refractivity contribution in [2.24, 2.45) is 0 Å². The number of ether oxygens (including phenoxy) is 3. The van der Waals surface area contributed by atoms with Gasteiger partial charge in [0.25, 0.3) is 10.0 Å². The van der Waals surface area contributed by atoms with Crippen LogP contribution in [0, 0.1) is 6.92 Å². The lowest BCUT2D eigenvalue weighted by atomic mass is 10.1. The Morgan fingerprint density at radius 2 is 1.76 bits per heavy atom. The maximum Gasteiger partial charge on any atom is 0.490 e. The number of aromatic nitrogens is 1. The van der Waals surface area contributed by atoms with Gasteiger partial charge in [0.2, 0.25) is 0 Å². The Morgan fingerprint density at radius 1 is 1.05 bits per heavy atom. The topological polar surface area (TPSA) is 116 Å². The van der Waals surface area contributed by atoms with Gasteiger partial charge in [-0.2, -0.15) is 13.2 Å². The fourth-order valence-corrected chi connectivity index (χ4v) is 7.03. The monoisotopic (exact) mass is 627 g/mol. The first-order chi connectivity index (χ1) is 19.9. The predicted molar refractivity (Wildman–Crippen MR) is 154 cm³/mol. The Morgan fingerprint density at radius 3 is 2.40 bits per heavy atom. The van der Waals surface area contributed by atoms with Crippen LogP contribution < -0.4 is 19.5 Å². The summed E-state index contributed by atoms with van der Waals surface area (Å²) in [5, 5.41) is 4.30. The Kier molecular flexibility index (Phi) is 9.87. The maximum absolute atomic E-state index is 13.6. The minimum absolute atomic E-state index is 0.0434. The van der Waals surface area contributed by atoms with Crippen LogP contribution in [0.3, 0.4) is 0 Å². The van der Waals surface area contributed by atoms with Gasteiger partial charge in [0.05, 0.1) is 30.5 Å². The summed E-state index contributed by atoms with van der Waals surface area (Å²) in [6.45, 7) is 1.01. The number of alkyl halides is 3. The normalized spacial score (nSPS) is 14.6. The lowest BCUT2D eigenvalue weighted by molar-refractivity contribution is -0.201. The lowest BCUT2D eigenvalue weighted by Crippen LogP contribution is -2.25. The molecule has 1 aromatic heterocycles. The molecule has 9 nitrogen and oxygen atoms in total. The van der Waals surface area contributed by atoms with Crippen LogP contribution in [0.2, 0.25) is 0 Å². The van der Waals surface area contributed by atoms with Crippen molar-refractivity contribution >= 4 is 38.1 Å². The molecule has 42 heavy (non-hydrogen) atoms. The van der Waals surface area contributed by atoms with Gasteiger partial charge >= 0.3 is 12.1 Å². The minimum Gasteiger partial charge on any atom is -0.497 e. The van der Waals surface area contributed by atoms with E-state index in [0.29, 0.717) is 11.6 Å². The summed E-state index contributed by atoms with van der Waals surface area (Å²) in [5.41, 5.74) is 1.20. The number of aryl methyl sites for hydroxylation is 1. The van der Waals surface area contributed by atoms with Crippen LogP contribution in [0.25, 0.3) is 10.4 Å². The molecule has 3 aromatic rings. The van der Waals surface area contributed by atoms with Crippen LogP contribution in [0.15, 0.2) is 41.3 Å². The largest absolute Gasteiger partial charge is 0.497 e. The lowest BCUT2D eigenvalue weighted by Gasteiger charge is -2.16. The van der Waals surface area contributed by atoms with Gasteiger partial charge in [0.1, 0.15) is 23.0 Å². The molecule has 0 atom stereocenters. The Balaban J connectivity index is 1.63. The number of anilines is 2. The summed E-state index contributed by atoms with van der Waals surface area (Å²) in [4.78, 5) is 16.5. The highest BCUT2D eigenvalue weighted by Gasteiger charge is 2.41. The molecule has 2 aromatic carbocycles. The third kappa shape index (κ3) is 7.65. The van der Waals surface area contributed by atoms with Gasteiger partial charge in [0.15, 0.2) is 5.13 Å². The van der Waals surface area contributed by atoms with E-state index >= 15 is 0 Å². The Bertz CT molecular complexity index is 1520. The molecule has 0 unspecified atom stereocenters. The molecule has 0 saturated heterocycles. The number of carbonyl (C=O) groups is 1. The van der Waals surface area contributed by atoms with Crippen molar-refractivity contribution in [2.75, 3.05) is 24.3 Å². The first-order valence-corrected chi connectivity index (χ1v) is 15.6. The molecule has 14 heteroatoms. The van der Waals surface area contributed by atoms with E-state index in [1.165, 1.54) is 81.6 Å². The van der Waals surface area contributed by atoms with Gasteiger partial charge in [-0.05, 0) is 61.7 Å². The molecule has 4 rings (SSSR count). The number of hydrogen-bond donors (Lipinski definition) is 2. The summed E-state index contributed by atoms with van der Waals surface area (Å²) in [5.74, 6) is -2.12. The number of nitrogens with one attached hydrogen (secondary N) is 2. The zero-order chi connectivity index (χ0) is 30.5. The van der Waals surface area contributed by atoms with Gasteiger partial charge in [-0.15, -0.1) is 0 Å². The molecule has 1 aliphatic rings. The molecule has 0 amide bonds. The SMILES string of the molecule is COc1ccc(NS(=O)(=O)c2cc(-c3sc(NC4CCCCCC4)nc3C)ccc2OC)c(COC(=O)C(F)(F)F)c1. The predicted octanol–water partition coefficient (Wildman–Crippen LogP) is 6.68. The molecule has 2 N–H and O–H groups in total. The van der Waals surface area contributed by atoms with Crippen molar-refractivity contribution in [3.8, 4) is 21.9 Å². The van der Waals surface area contributed by atoms with E-state index in [-0.39, 0.29) is 27.6 Å². The average molecular weight is 628 g/mol. The highest BCUT2D eigenvalue weighted by atomic mass is 32.2. The van der Waals surface area contributed by atoms with E-state index in [1.807, 2.05) is 6.92 Å². The van der Waals surface area contributed by atoms with Crippen LogP contribution in [-0.2, 0) is 26.2 Å². The fraction of sp³-hybridized carbons (Fsp3) is 0.429. The summed E-state index contributed by atoms with van der Waals surface area (Å²) >= 11 is 1.44. The van der Waals surface area contributed by atoms with E-state index in [2.05, 4.69) is 19.8 Å². The van der Waals surface area contributed by atoms with Gasteiger partial charge in [-0.1, -0.05) is 37.0 Å². The number of sulfonamides is 1. The molecule has 1 saturated carbocycles. The standard InChI is InChI=1S/C28H32F3N3O6S2/c1-17-25(41-27(32-17)33-20-8-6-4-5-7-9-20)18-10-13-23(39-3)24(15-18)42(36,37)34-22-12-11-21(38-2)14-19(22)16-40-26(35)28(29,30)31/h10-15,20,34H,4-9,16H2,1-3H3,(H,32,33). The number of hydrogen-bond acceptors (Lipinski definition) is 9. The summed E-state index contributed by atoms with van der Waals surface area (Å²) < 4.78 is 82.5. The Hall–Kier alpha value is -3.52. The smallest absolute Gasteiger partial charge is 0.490 e. The highest BCUT2D eigenvalue weighted by molar-refractivity contribution is 7.92. The van der Waals surface area contributed by atoms with Crippen LogP contribution in [0.1, 0.15) is 49.8 Å². The molecule has 1 aliphatic carbocycles.